The molecule has 0 bridgehead atoms. The topological polar surface area (TPSA) is 82.7 Å². The molecule has 7 nitrogen and oxygen atoms in total. The van der Waals surface area contributed by atoms with E-state index < -0.39 is 0 Å². The van der Waals surface area contributed by atoms with Crippen molar-refractivity contribution in [2.24, 2.45) is 0 Å². The molecule has 3 aromatic rings. The second kappa shape index (κ2) is 11.2. The largest absolute Gasteiger partial charge is 0.497 e. The van der Waals surface area contributed by atoms with Gasteiger partial charge in [0.2, 0.25) is 0 Å². The molecule has 0 aliphatic carbocycles. The van der Waals surface area contributed by atoms with Gasteiger partial charge >= 0.3 is 6.03 Å². The number of amides is 3. The summed E-state index contributed by atoms with van der Waals surface area (Å²) in [6, 6.07) is 21.9. The maximum atomic E-state index is 12.7. The van der Waals surface area contributed by atoms with E-state index in [1.54, 1.807) is 19.2 Å². The average Bonchev–Trinajstić information content (AvgIpc) is 2.81. The lowest BCUT2D eigenvalue weighted by Crippen LogP contribution is -2.37. The van der Waals surface area contributed by atoms with E-state index in [2.05, 4.69) is 16.0 Å². The fourth-order valence-electron chi connectivity index (χ4n) is 3.43. The first kappa shape index (κ1) is 23.8. The van der Waals surface area contributed by atoms with Crippen molar-refractivity contribution in [2.45, 2.75) is 13.0 Å². The van der Waals surface area contributed by atoms with Gasteiger partial charge in [0.1, 0.15) is 5.75 Å². The number of nitrogens with zero attached hydrogens (tertiary/aromatic N) is 1. The van der Waals surface area contributed by atoms with Crippen molar-refractivity contribution in [3.63, 3.8) is 0 Å². The number of carbonyl (C=O) groups excluding carboxylic acids is 2. The van der Waals surface area contributed by atoms with Crippen LogP contribution in [0.2, 0.25) is 0 Å². The monoisotopic (exact) mass is 446 g/mol. The smallest absolute Gasteiger partial charge is 0.319 e. The number of anilines is 2. The molecule has 0 aliphatic rings. The molecule has 0 fully saturated rings. The molecule has 3 rings (SSSR count). The van der Waals surface area contributed by atoms with E-state index >= 15 is 0 Å². The van der Waals surface area contributed by atoms with Crippen molar-refractivity contribution in [2.75, 3.05) is 38.4 Å². The van der Waals surface area contributed by atoms with Gasteiger partial charge in [-0.1, -0.05) is 36.4 Å². The van der Waals surface area contributed by atoms with E-state index in [-0.39, 0.29) is 18.0 Å². The van der Waals surface area contributed by atoms with E-state index in [1.165, 1.54) is 0 Å². The highest BCUT2D eigenvalue weighted by molar-refractivity contribution is 6.05. The van der Waals surface area contributed by atoms with E-state index in [0.717, 1.165) is 16.9 Å². The number of rotatable bonds is 8. The number of aryl methyl sites for hydroxylation is 1. The van der Waals surface area contributed by atoms with Crippen molar-refractivity contribution >= 4 is 23.3 Å². The molecule has 0 aliphatic heterocycles. The normalized spacial score (nSPS) is 11.5. The van der Waals surface area contributed by atoms with Crippen LogP contribution in [0.15, 0.2) is 72.8 Å². The summed E-state index contributed by atoms with van der Waals surface area (Å²) in [6.07, 6.45) is 0. The Kier molecular flexibility index (Phi) is 8.05. The molecular formula is C26H30N4O3. The molecule has 7 heteroatoms. The van der Waals surface area contributed by atoms with Gasteiger partial charge in [0.25, 0.3) is 5.91 Å². The van der Waals surface area contributed by atoms with Gasteiger partial charge in [-0.2, -0.15) is 0 Å². The van der Waals surface area contributed by atoms with Gasteiger partial charge in [-0.15, -0.1) is 0 Å². The van der Waals surface area contributed by atoms with Crippen molar-refractivity contribution < 1.29 is 14.3 Å². The number of likely N-dealkylation sites (N-methyl/N-ethyl adjacent to an activating group) is 1. The van der Waals surface area contributed by atoms with Gasteiger partial charge in [-0.05, 0) is 68.5 Å². The van der Waals surface area contributed by atoms with E-state index in [0.29, 0.717) is 23.5 Å². The number of urea groups is 1. The van der Waals surface area contributed by atoms with Gasteiger partial charge in [-0.3, -0.25) is 4.79 Å². The highest BCUT2D eigenvalue weighted by Gasteiger charge is 2.17. The van der Waals surface area contributed by atoms with Crippen LogP contribution in [-0.2, 0) is 0 Å². The second-order valence-electron chi connectivity index (χ2n) is 7.94. The summed E-state index contributed by atoms with van der Waals surface area (Å²) in [7, 11) is 5.55. The SMILES string of the molecule is COc1cccc(C(CNC(=O)Nc2cc(C(=O)Nc3ccccc3)ccc2C)N(C)C)c1. The van der Waals surface area contributed by atoms with Crippen LogP contribution in [0.25, 0.3) is 0 Å². The maximum Gasteiger partial charge on any atom is 0.319 e. The summed E-state index contributed by atoms with van der Waals surface area (Å²) in [5.74, 6) is 0.528. The molecule has 3 N–H and O–H groups in total. The van der Waals surface area contributed by atoms with E-state index in [1.807, 2.05) is 86.6 Å². The predicted molar refractivity (Wildman–Crippen MR) is 132 cm³/mol. The van der Waals surface area contributed by atoms with Gasteiger partial charge < -0.3 is 25.6 Å². The molecule has 0 saturated carbocycles. The summed E-state index contributed by atoms with van der Waals surface area (Å²) in [4.78, 5) is 27.3. The van der Waals surface area contributed by atoms with Gasteiger partial charge in [0, 0.05) is 23.5 Å². The average molecular weight is 447 g/mol. The first-order valence-corrected chi connectivity index (χ1v) is 10.7. The van der Waals surface area contributed by atoms with Gasteiger partial charge in [0.05, 0.1) is 13.2 Å². The molecule has 0 spiro atoms. The fraction of sp³-hybridized carbons (Fsp3) is 0.231. The molecule has 3 amide bonds. The van der Waals surface area contributed by atoms with Crippen LogP contribution in [0.1, 0.15) is 27.5 Å². The number of carbonyl (C=O) groups is 2. The highest BCUT2D eigenvalue weighted by atomic mass is 16.5. The molecule has 0 aromatic heterocycles. The zero-order chi connectivity index (χ0) is 23.8. The zero-order valence-electron chi connectivity index (χ0n) is 19.4. The number of methoxy groups -OCH3 is 1. The number of hydrogen-bond donors (Lipinski definition) is 3. The summed E-state index contributed by atoms with van der Waals surface area (Å²) in [6.45, 7) is 2.28. The molecular weight excluding hydrogens is 416 g/mol. The van der Waals surface area contributed by atoms with Crippen LogP contribution >= 0.6 is 0 Å². The zero-order valence-corrected chi connectivity index (χ0v) is 19.4. The summed E-state index contributed by atoms with van der Waals surface area (Å²) >= 11 is 0. The lowest BCUT2D eigenvalue weighted by molar-refractivity contribution is 0.102. The van der Waals surface area contributed by atoms with Gasteiger partial charge in [-0.25, -0.2) is 4.79 Å². The van der Waals surface area contributed by atoms with Crippen LogP contribution in [0.3, 0.4) is 0 Å². The molecule has 33 heavy (non-hydrogen) atoms. The second-order valence-corrected chi connectivity index (χ2v) is 7.94. The molecule has 172 valence electrons. The van der Waals surface area contributed by atoms with Crippen LogP contribution in [0, 0.1) is 6.92 Å². The van der Waals surface area contributed by atoms with Crippen LogP contribution in [0.4, 0.5) is 16.2 Å². The lowest BCUT2D eigenvalue weighted by Gasteiger charge is -2.25. The fourth-order valence-corrected chi connectivity index (χ4v) is 3.43. The van der Waals surface area contributed by atoms with Crippen molar-refractivity contribution in [3.05, 3.63) is 89.5 Å². The molecule has 0 heterocycles. The van der Waals surface area contributed by atoms with E-state index in [9.17, 15) is 9.59 Å². The number of benzene rings is 3. The molecule has 0 saturated heterocycles. The number of hydrogen-bond acceptors (Lipinski definition) is 4. The Morgan fingerprint density at radius 2 is 1.70 bits per heavy atom. The molecule has 3 aromatic carbocycles. The van der Waals surface area contributed by atoms with Crippen molar-refractivity contribution in [3.8, 4) is 5.75 Å². The van der Waals surface area contributed by atoms with E-state index in [4.69, 9.17) is 4.74 Å². The summed E-state index contributed by atoms with van der Waals surface area (Å²) < 4.78 is 5.32. The summed E-state index contributed by atoms with van der Waals surface area (Å²) in [5.41, 5.74) is 3.65. The van der Waals surface area contributed by atoms with Crippen LogP contribution in [-0.4, -0.2) is 44.6 Å². The number of ether oxygens (including phenoxy) is 1. The number of nitrogens with one attached hydrogen (secondary N) is 3. The number of para-hydroxylation sites is 1. The Bertz CT molecular complexity index is 1100. The minimum Gasteiger partial charge on any atom is -0.497 e. The maximum absolute atomic E-state index is 12.7. The lowest BCUT2D eigenvalue weighted by atomic mass is 10.1. The Hall–Kier alpha value is -3.84. The Balaban J connectivity index is 1.65. The van der Waals surface area contributed by atoms with Crippen LogP contribution < -0.4 is 20.7 Å². The summed E-state index contributed by atoms with van der Waals surface area (Å²) in [5, 5.41) is 8.65. The Morgan fingerprint density at radius 1 is 0.939 bits per heavy atom. The standard InChI is InChI=1S/C26H30N4O3/c1-18-13-14-20(25(31)28-21-10-6-5-7-11-21)16-23(18)29-26(32)27-17-24(30(2)3)19-9-8-12-22(15-19)33-4/h5-16,24H,17H2,1-4H3,(H,28,31)(H2,27,29,32). The molecule has 0 radical (unpaired) electrons. The Morgan fingerprint density at radius 3 is 2.39 bits per heavy atom. The van der Waals surface area contributed by atoms with Crippen LogP contribution in [0.5, 0.6) is 5.75 Å². The van der Waals surface area contributed by atoms with Gasteiger partial charge in [0.15, 0.2) is 0 Å². The third-order valence-corrected chi connectivity index (χ3v) is 5.34. The minimum absolute atomic E-state index is 0.0325. The first-order chi connectivity index (χ1) is 15.9. The molecule has 1 atom stereocenters. The molecule has 1 unspecified atom stereocenters. The first-order valence-electron chi connectivity index (χ1n) is 10.7. The van der Waals surface area contributed by atoms with Crippen molar-refractivity contribution in [1.82, 2.24) is 10.2 Å². The third kappa shape index (κ3) is 6.57. The van der Waals surface area contributed by atoms with Crippen molar-refractivity contribution in [1.29, 1.82) is 0 Å². The third-order valence-electron chi connectivity index (χ3n) is 5.34. The Labute approximate surface area is 194 Å². The predicted octanol–water partition coefficient (Wildman–Crippen LogP) is 4.68. The highest BCUT2D eigenvalue weighted by Crippen LogP contribution is 2.22. The quantitative estimate of drug-likeness (QED) is 0.469. The minimum atomic E-state index is -0.339.